The molecule has 0 radical (unpaired) electrons. The molecule has 0 bridgehead atoms. The Morgan fingerprint density at radius 3 is 2.00 bits per heavy atom. The monoisotopic (exact) mass is 633 g/mol. The summed E-state index contributed by atoms with van der Waals surface area (Å²) in [5, 5.41) is 0. The Labute approximate surface area is 235 Å². The molecule has 1 aliphatic carbocycles. The Morgan fingerprint density at radius 1 is 0.895 bits per heavy atom. The van der Waals surface area contributed by atoms with Crippen LogP contribution in [-0.4, -0.2) is 55.7 Å². The summed E-state index contributed by atoms with van der Waals surface area (Å²) >= 11 is 2.03. The average Bonchev–Trinajstić information content (AvgIpc) is 3.22. The van der Waals surface area contributed by atoms with Crippen LogP contribution < -0.4 is 5.46 Å². The van der Waals surface area contributed by atoms with E-state index in [0.717, 1.165) is 11.1 Å². The van der Waals surface area contributed by atoms with Crippen molar-refractivity contribution in [3.8, 4) is 11.1 Å². The van der Waals surface area contributed by atoms with Crippen LogP contribution in [0.4, 0.5) is 17.7 Å². The number of carbonyl (C=O) groups excluding carboxylic acids is 1. The summed E-state index contributed by atoms with van der Waals surface area (Å²) in [6.45, 7) is 2.79. The SMILES string of the molecule is Cc1c(I)c(C)c([B-](F)(F)F)c(C)c1CN1CCN(C(=O)OCC2c3ccccc3-c3ccccc32)CC1. The molecule has 0 unspecified atom stereocenters. The van der Waals surface area contributed by atoms with Crippen molar-refractivity contribution in [3.05, 3.63) is 85.5 Å². The van der Waals surface area contributed by atoms with Crippen molar-refractivity contribution in [2.75, 3.05) is 32.8 Å². The third kappa shape index (κ3) is 4.95. The molecule has 1 saturated heterocycles. The molecule has 0 saturated carbocycles. The van der Waals surface area contributed by atoms with E-state index in [0.29, 0.717) is 47.4 Å². The van der Waals surface area contributed by atoms with E-state index in [1.165, 1.54) is 22.3 Å². The third-order valence-electron chi connectivity index (χ3n) is 8.05. The zero-order valence-corrected chi connectivity index (χ0v) is 23.9. The van der Waals surface area contributed by atoms with Gasteiger partial charge in [0.15, 0.2) is 0 Å². The van der Waals surface area contributed by atoms with Gasteiger partial charge in [-0.15, -0.1) is 5.46 Å². The largest absolute Gasteiger partial charge is 0.510 e. The van der Waals surface area contributed by atoms with Gasteiger partial charge in [-0.05, 0) is 76.7 Å². The molecule has 0 atom stereocenters. The van der Waals surface area contributed by atoms with Crippen LogP contribution in [0.25, 0.3) is 11.1 Å². The number of hydrogen-bond donors (Lipinski definition) is 0. The number of benzene rings is 3. The fraction of sp³-hybridized carbons (Fsp3) is 0.345. The molecule has 3 aromatic carbocycles. The van der Waals surface area contributed by atoms with E-state index in [2.05, 4.69) is 29.2 Å². The number of halogens is 4. The van der Waals surface area contributed by atoms with Crippen LogP contribution in [0, 0.1) is 24.3 Å². The highest BCUT2D eigenvalue weighted by molar-refractivity contribution is 14.1. The lowest BCUT2D eigenvalue weighted by Crippen LogP contribution is -2.49. The molecule has 3 aromatic rings. The van der Waals surface area contributed by atoms with Gasteiger partial charge in [-0.25, -0.2) is 4.79 Å². The van der Waals surface area contributed by atoms with E-state index >= 15 is 0 Å². The Balaban J connectivity index is 1.22. The van der Waals surface area contributed by atoms with Gasteiger partial charge >= 0.3 is 13.1 Å². The number of nitrogens with zero attached hydrogens (tertiary/aromatic N) is 2. The Hall–Kier alpha value is -2.53. The fourth-order valence-electron chi connectivity index (χ4n) is 5.98. The van der Waals surface area contributed by atoms with Crippen molar-refractivity contribution in [3.63, 3.8) is 0 Å². The molecule has 1 fully saturated rings. The maximum absolute atomic E-state index is 13.9. The first-order chi connectivity index (χ1) is 18.1. The first kappa shape index (κ1) is 27.1. The van der Waals surface area contributed by atoms with Crippen molar-refractivity contribution < 1.29 is 22.5 Å². The summed E-state index contributed by atoms with van der Waals surface area (Å²) in [6.07, 6.45) is -0.342. The number of amides is 1. The zero-order valence-electron chi connectivity index (χ0n) is 21.7. The highest BCUT2D eigenvalue weighted by Crippen LogP contribution is 2.44. The number of piperazine rings is 1. The summed E-state index contributed by atoms with van der Waals surface area (Å²) in [4.78, 5) is 16.8. The molecule has 2 aliphatic rings. The van der Waals surface area contributed by atoms with Gasteiger partial charge in [0.2, 0.25) is 0 Å². The molecular formula is C29H30BF3IN2O2-. The van der Waals surface area contributed by atoms with E-state index in [9.17, 15) is 17.7 Å². The summed E-state index contributed by atoms with van der Waals surface area (Å²) in [5.74, 6) is 0.00651. The fourth-order valence-corrected chi connectivity index (χ4v) is 6.60. The highest BCUT2D eigenvalue weighted by atomic mass is 127. The van der Waals surface area contributed by atoms with Crippen molar-refractivity contribution in [1.29, 1.82) is 0 Å². The second-order valence-electron chi connectivity index (χ2n) is 10.2. The molecule has 0 N–H and O–H groups in total. The van der Waals surface area contributed by atoms with Crippen molar-refractivity contribution in [2.24, 2.45) is 0 Å². The van der Waals surface area contributed by atoms with Gasteiger partial charge in [-0.1, -0.05) is 59.7 Å². The van der Waals surface area contributed by atoms with Crippen molar-refractivity contribution in [1.82, 2.24) is 9.80 Å². The Kier molecular flexibility index (Phi) is 7.52. The molecule has 38 heavy (non-hydrogen) atoms. The number of carbonyl (C=O) groups is 1. The molecular weight excluding hydrogens is 603 g/mol. The van der Waals surface area contributed by atoms with E-state index in [4.69, 9.17) is 4.74 Å². The summed E-state index contributed by atoms with van der Waals surface area (Å²) in [5.41, 5.74) is 6.53. The maximum Gasteiger partial charge on any atom is 0.510 e. The topological polar surface area (TPSA) is 32.8 Å². The van der Waals surface area contributed by atoms with E-state index in [1.54, 1.807) is 18.7 Å². The van der Waals surface area contributed by atoms with E-state index in [1.807, 2.05) is 53.8 Å². The summed E-state index contributed by atoms with van der Waals surface area (Å²) in [6, 6.07) is 16.5. The van der Waals surface area contributed by atoms with Crippen LogP contribution in [0.1, 0.15) is 39.3 Å². The Bertz CT molecular complexity index is 1340. The number of fused-ring (bicyclic) bond motifs is 3. The number of ether oxygens (including phenoxy) is 1. The normalized spacial score (nSPS) is 15.9. The molecule has 0 aromatic heterocycles. The van der Waals surface area contributed by atoms with Crippen LogP contribution in [0.2, 0.25) is 0 Å². The first-order valence-electron chi connectivity index (χ1n) is 12.9. The lowest BCUT2D eigenvalue weighted by atomic mass is 9.72. The smallest absolute Gasteiger partial charge is 0.448 e. The standard InChI is InChI=1S/C29H30BF3IN2O2/c1-18-25(19(2)28(34)20(3)27(18)30(31,32)33)16-35-12-14-36(15-13-35)29(37)38-17-26-23-10-6-4-8-21(23)22-9-5-7-11-24(22)26/h4-11,26H,12-17H2,1-3H3/q-1. The second-order valence-corrected chi connectivity index (χ2v) is 11.3. The number of rotatable bonds is 5. The van der Waals surface area contributed by atoms with Gasteiger partial charge in [-0.3, -0.25) is 4.90 Å². The third-order valence-corrected chi connectivity index (χ3v) is 9.67. The number of hydrogen-bond acceptors (Lipinski definition) is 3. The minimum Gasteiger partial charge on any atom is -0.448 e. The molecule has 200 valence electrons. The minimum absolute atomic E-state index is 0.00651. The molecule has 1 amide bonds. The molecule has 5 rings (SSSR count). The Morgan fingerprint density at radius 2 is 1.45 bits per heavy atom. The summed E-state index contributed by atoms with van der Waals surface area (Å²) < 4.78 is 48.0. The van der Waals surface area contributed by atoms with Crippen LogP contribution in [0.15, 0.2) is 48.5 Å². The second kappa shape index (κ2) is 10.6. The maximum atomic E-state index is 13.9. The molecule has 4 nitrogen and oxygen atoms in total. The predicted molar refractivity (Wildman–Crippen MR) is 154 cm³/mol. The summed E-state index contributed by atoms with van der Waals surface area (Å²) in [7, 11) is 0. The first-order valence-corrected chi connectivity index (χ1v) is 14.0. The van der Waals surface area contributed by atoms with Gasteiger partial charge in [0.25, 0.3) is 0 Å². The molecule has 9 heteroatoms. The molecule has 1 aliphatic heterocycles. The lowest BCUT2D eigenvalue weighted by Gasteiger charge is -2.36. The van der Waals surface area contributed by atoms with Gasteiger partial charge in [0.05, 0.1) is 0 Å². The van der Waals surface area contributed by atoms with Gasteiger partial charge in [-0.2, -0.15) is 0 Å². The van der Waals surface area contributed by atoms with Crippen LogP contribution >= 0.6 is 22.6 Å². The zero-order chi connectivity index (χ0) is 27.2. The van der Waals surface area contributed by atoms with Gasteiger partial charge in [0, 0.05) is 42.2 Å². The van der Waals surface area contributed by atoms with Crippen molar-refractivity contribution in [2.45, 2.75) is 33.2 Å². The van der Waals surface area contributed by atoms with Crippen LogP contribution in [0.5, 0.6) is 0 Å². The highest BCUT2D eigenvalue weighted by Gasteiger charge is 2.33. The van der Waals surface area contributed by atoms with E-state index in [-0.39, 0.29) is 18.6 Å². The van der Waals surface area contributed by atoms with Gasteiger partial charge < -0.3 is 22.6 Å². The van der Waals surface area contributed by atoms with Crippen LogP contribution in [0.3, 0.4) is 0 Å². The average molecular weight is 633 g/mol. The lowest BCUT2D eigenvalue weighted by molar-refractivity contribution is 0.0727. The molecule has 1 heterocycles. The van der Waals surface area contributed by atoms with Gasteiger partial charge in [0.1, 0.15) is 6.61 Å². The van der Waals surface area contributed by atoms with Crippen LogP contribution in [-0.2, 0) is 11.3 Å². The van der Waals surface area contributed by atoms with Crippen molar-refractivity contribution >= 4 is 41.1 Å². The quantitative estimate of drug-likeness (QED) is 0.243. The minimum atomic E-state index is -5.10. The molecule has 0 spiro atoms. The van der Waals surface area contributed by atoms with E-state index < -0.39 is 12.4 Å². The predicted octanol–water partition coefficient (Wildman–Crippen LogP) is 6.34.